The number of aryl methyl sites for hydroxylation is 1. The monoisotopic (exact) mass is 192 g/mol. The van der Waals surface area contributed by atoms with Crippen molar-refractivity contribution in [3.63, 3.8) is 0 Å². The summed E-state index contributed by atoms with van der Waals surface area (Å²) in [6.45, 7) is 2.93. The molecule has 1 saturated carbocycles. The van der Waals surface area contributed by atoms with Gasteiger partial charge in [-0.25, -0.2) is 9.67 Å². The van der Waals surface area contributed by atoms with Crippen LogP contribution in [0, 0.1) is 0 Å². The normalized spacial score (nSPS) is 24.7. The Kier molecular flexibility index (Phi) is 2.63. The SMILES string of the molecule is CCn1ncnc1/C=C1/CCC(N)C1. The van der Waals surface area contributed by atoms with Crippen molar-refractivity contribution >= 4 is 6.08 Å². The Balaban J connectivity index is 2.16. The van der Waals surface area contributed by atoms with Crippen LogP contribution in [0.2, 0.25) is 0 Å². The minimum atomic E-state index is 0.347. The summed E-state index contributed by atoms with van der Waals surface area (Å²) < 4.78 is 1.90. The third-order valence-corrected chi connectivity index (χ3v) is 2.64. The van der Waals surface area contributed by atoms with Crippen LogP contribution in [-0.4, -0.2) is 20.8 Å². The third-order valence-electron chi connectivity index (χ3n) is 2.64. The highest BCUT2D eigenvalue weighted by molar-refractivity contribution is 5.46. The number of aromatic nitrogens is 3. The maximum Gasteiger partial charge on any atom is 0.150 e. The lowest BCUT2D eigenvalue weighted by Gasteiger charge is -1.99. The molecule has 0 spiro atoms. The number of nitrogens with zero attached hydrogens (tertiary/aromatic N) is 3. The summed E-state index contributed by atoms with van der Waals surface area (Å²) in [5.41, 5.74) is 7.24. The molecule has 0 saturated heterocycles. The zero-order valence-corrected chi connectivity index (χ0v) is 8.48. The first-order valence-corrected chi connectivity index (χ1v) is 5.12. The Morgan fingerprint density at radius 3 is 3.21 bits per heavy atom. The maximum absolute atomic E-state index is 5.84. The standard InChI is InChI=1S/C10H16N4/c1-2-14-10(12-7-13-14)6-8-3-4-9(11)5-8/h6-7,9H,2-5,11H2,1H3/b8-6-. The van der Waals surface area contributed by atoms with Gasteiger partial charge in [0.1, 0.15) is 6.33 Å². The Morgan fingerprint density at radius 1 is 1.71 bits per heavy atom. The molecule has 1 unspecified atom stereocenters. The number of hydrogen-bond donors (Lipinski definition) is 1. The molecule has 0 bridgehead atoms. The Hall–Kier alpha value is -1.16. The molecular formula is C10H16N4. The van der Waals surface area contributed by atoms with Gasteiger partial charge >= 0.3 is 0 Å². The van der Waals surface area contributed by atoms with Crippen molar-refractivity contribution in [3.8, 4) is 0 Å². The fourth-order valence-corrected chi connectivity index (χ4v) is 1.85. The second-order valence-electron chi connectivity index (χ2n) is 3.74. The first kappa shape index (κ1) is 9.40. The molecule has 1 atom stereocenters. The van der Waals surface area contributed by atoms with Crippen molar-refractivity contribution in [2.24, 2.45) is 5.73 Å². The van der Waals surface area contributed by atoms with Crippen molar-refractivity contribution in [2.45, 2.75) is 38.8 Å². The molecule has 2 rings (SSSR count). The van der Waals surface area contributed by atoms with E-state index in [-0.39, 0.29) is 0 Å². The maximum atomic E-state index is 5.84. The Bertz CT molecular complexity index is 340. The van der Waals surface area contributed by atoms with Crippen molar-refractivity contribution in [1.29, 1.82) is 0 Å². The molecule has 76 valence electrons. The predicted octanol–water partition coefficient (Wildman–Crippen LogP) is 1.19. The van der Waals surface area contributed by atoms with Gasteiger partial charge in [-0.1, -0.05) is 5.57 Å². The van der Waals surface area contributed by atoms with E-state index in [2.05, 4.69) is 23.1 Å². The fraction of sp³-hybridized carbons (Fsp3) is 0.600. The van der Waals surface area contributed by atoms with E-state index in [1.807, 2.05) is 4.68 Å². The molecule has 14 heavy (non-hydrogen) atoms. The van der Waals surface area contributed by atoms with Crippen LogP contribution in [0.15, 0.2) is 11.9 Å². The van der Waals surface area contributed by atoms with Gasteiger partial charge in [0.2, 0.25) is 0 Å². The van der Waals surface area contributed by atoms with Crippen LogP contribution in [0.4, 0.5) is 0 Å². The van der Waals surface area contributed by atoms with Crippen LogP contribution < -0.4 is 5.73 Å². The molecular weight excluding hydrogens is 176 g/mol. The van der Waals surface area contributed by atoms with Gasteiger partial charge in [-0.15, -0.1) is 0 Å². The molecule has 1 aromatic heterocycles. The molecule has 0 amide bonds. The van der Waals surface area contributed by atoms with Gasteiger partial charge in [0.05, 0.1) is 0 Å². The molecule has 4 nitrogen and oxygen atoms in total. The van der Waals surface area contributed by atoms with Gasteiger partial charge in [0.15, 0.2) is 5.82 Å². The van der Waals surface area contributed by atoms with Gasteiger partial charge < -0.3 is 5.73 Å². The molecule has 1 aliphatic rings. The summed E-state index contributed by atoms with van der Waals surface area (Å²) in [4.78, 5) is 4.21. The van der Waals surface area contributed by atoms with E-state index in [4.69, 9.17) is 5.73 Å². The number of nitrogens with two attached hydrogens (primary N) is 1. The molecule has 1 fully saturated rings. The van der Waals surface area contributed by atoms with Crippen LogP contribution in [-0.2, 0) is 6.54 Å². The van der Waals surface area contributed by atoms with Gasteiger partial charge in [0.25, 0.3) is 0 Å². The number of rotatable bonds is 2. The van der Waals surface area contributed by atoms with Crippen molar-refractivity contribution < 1.29 is 0 Å². The minimum absolute atomic E-state index is 0.347. The van der Waals surface area contributed by atoms with Crippen molar-refractivity contribution in [2.75, 3.05) is 0 Å². The average Bonchev–Trinajstić information content (AvgIpc) is 2.76. The van der Waals surface area contributed by atoms with E-state index in [0.29, 0.717) is 6.04 Å². The summed E-state index contributed by atoms with van der Waals surface area (Å²) in [6, 6.07) is 0.347. The van der Waals surface area contributed by atoms with E-state index < -0.39 is 0 Å². The highest BCUT2D eigenvalue weighted by atomic mass is 15.3. The molecule has 1 aromatic rings. The van der Waals surface area contributed by atoms with Crippen LogP contribution in [0.1, 0.15) is 32.0 Å². The predicted molar refractivity (Wildman–Crippen MR) is 55.5 cm³/mol. The first-order chi connectivity index (χ1) is 6.79. The number of hydrogen-bond acceptors (Lipinski definition) is 3. The quantitative estimate of drug-likeness (QED) is 0.765. The largest absolute Gasteiger partial charge is 0.327 e. The minimum Gasteiger partial charge on any atom is -0.327 e. The smallest absolute Gasteiger partial charge is 0.150 e. The third kappa shape index (κ3) is 1.85. The van der Waals surface area contributed by atoms with Crippen LogP contribution in [0.25, 0.3) is 6.08 Å². The molecule has 0 radical (unpaired) electrons. The van der Waals surface area contributed by atoms with E-state index in [1.165, 1.54) is 5.57 Å². The second kappa shape index (κ2) is 3.92. The molecule has 2 N–H and O–H groups in total. The lowest BCUT2D eigenvalue weighted by Crippen LogP contribution is -2.13. The van der Waals surface area contributed by atoms with Crippen LogP contribution in [0.5, 0.6) is 0 Å². The summed E-state index contributed by atoms with van der Waals surface area (Å²) in [5, 5.41) is 4.13. The van der Waals surface area contributed by atoms with Gasteiger partial charge in [0, 0.05) is 12.6 Å². The topological polar surface area (TPSA) is 56.7 Å². The highest BCUT2D eigenvalue weighted by Crippen LogP contribution is 2.24. The summed E-state index contributed by atoms with van der Waals surface area (Å²) in [5.74, 6) is 0.955. The molecule has 1 heterocycles. The second-order valence-corrected chi connectivity index (χ2v) is 3.74. The Morgan fingerprint density at radius 2 is 2.57 bits per heavy atom. The lowest BCUT2D eigenvalue weighted by atomic mass is 10.2. The molecule has 1 aliphatic carbocycles. The van der Waals surface area contributed by atoms with Gasteiger partial charge in [-0.2, -0.15) is 5.10 Å². The zero-order chi connectivity index (χ0) is 9.97. The first-order valence-electron chi connectivity index (χ1n) is 5.12. The summed E-state index contributed by atoms with van der Waals surface area (Å²) in [6.07, 6.45) is 6.95. The van der Waals surface area contributed by atoms with Gasteiger partial charge in [-0.05, 0) is 32.3 Å². The highest BCUT2D eigenvalue weighted by Gasteiger charge is 2.15. The van der Waals surface area contributed by atoms with Crippen LogP contribution >= 0.6 is 0 Å². The van der Waals surface area contributed by atoms with E-state index >= 15 is 0 Å². The molecule has 0 aliphatic heterocycles. The summed E-state index contributed by atoms with van der Waals surface area (Å²) >= 11 is 0. The van der Waals surface area contributed by atoms with Crippen molar-refractivity contribution in [1.82, 2.24) is 14.8 Å². The van der Waals surface area contributed by atoms with Crippen LogP contribution in [0.3, 0.4) is 0 Å². The molecule has 4 heteroatoms. The molecule has 0 aromatic carbocycles. The van der Waals surface area contributed by atoms with Crippen molar-refractivity contribution in [3.05, 3.63) is 17.7 Å². The zero-order valence-electron chi connectivity index (χ0n) is 8.48. The lowest BCUT2D eigenvalue weighted by molar-refractivity contribution is 0.650. The van der Waals surface area contributed by atoms with E-state index in [1.54, 1.807) is 6.33 Å². The van der Waals surface area contributed by atoms with Gasteiger partial charge in [-0.3, -0.25) is 0 Å². The Labute approximate surface area is 83.8 Å². The van der Waals surface area contributed by atoms with E-state index in [9.17, 15) is 0 Å². The summed E-state index contributed by atoms with van der Waals surface area (Å²) in [7, 11) is 0. The fourth-order valence-electron chi connectivity index (χ4n) is 1.85. The van der Waals surface area contributed by atoms with E-state index in [0.717, 1.165) is 31.6 Å². The average molecular weight is 192 g/mol.